The third kappa shape index (κ3) is 4.26. The van der Waals surface area contributed by atoms with Crippen LogP contribution < -0.4 is 15.2 Å². The molecule has 2 aromatic carbocycles. The standard InChI is InChI=1S/C18H20BrNO3/c1-3-4-10-22-15-11-14(19)17(20)12(2)16(15)18(21)23-13-8-6-5-7-9-13/h5-9,11H,3-4,10,20H2,1-2H3. The lowest BCUT2D eigenvalue weighted by molar-refractivity contribution is 0.0729. The molecule has 0 unspecified atom stereocenters. The average molecular weight is 378 g/mol. The number of carbonyl (C=O) groups excluding carboxylic acids is 1. The highest BCUT2D eigenvalue weighted by molar-refractivity contribution is 9.10. The summed E-state index contributed by atoms with van der Waals surface area (Å²) in [6, 6.07) is 10.7. The Labute approximate surface area is 144 Å². The predicted molar refractivity (Wildman–Crippen MR) is 95.1 cm³/mol. The molecule has 2 aromatic rings. The number of nitrogen functional groups attached to an aromatic ring is 1. The first kappa shape index (κ1) is 17.3. The number of ether oxygens (including phenoxy) is 2. The van der Waals surface area contributed by atoms with Crippen LogP contribution in [0.15, 0.2) is 40.9 Å². The van der Waals surface area contributed by atoms with E-state index in [-0.39, 0.29) is 0 Å². The first-order valence-electron chi connectivity index (χ1n) is 7.53. The number of carbonyl (C=O) groups is 1. The van der Waals surface area contributed by atoms with E-state index in [0.29, 0.717) is 39.4 Å². The number of anilines is 1. The monoisotopic (exact) mass is 377 g/mol. The van der Waals surface area contributed by atoms with Crippen molar-refractivity contribution >= 4 is 27.6 Å². The van der Waals surface area contributed by atoms with Gasteiger partial charge in [-0.3, -0.25) is 0 Å². The van der Waals surface area contributed by atoms with Gasteiger partial charge in [0.05, 0.1) is 6.61 Å². The van der Waals surface area contributed by atoms with Crippen molar-refractivity contribution in [2.45, 2.75) is 26.7 Å². The van der Waals surface area contributed by atoms with Gasteiger partial charge in [0.25, 0.3) is 0 Å². The lowest BCUT2D eigenvalue weighted by Gasteiger charge is -2.16. The molecule has 0 aliphatic rings. The van der Waals surface area contributed by atoms with E-state index >= 15 is 0 Å². The summed E-state index contributed by atoms with van der Waals surface area (Å²) in [5.41, 5.74) is 7.55. The second-order valence-electron chi connectivity index (χ2n) is 5.17. The van der Waals surface area contributed by atoms with Crippen molar-refractivity contribution in [3.05, 3.63) is 52.0 Å². The first-order valence-corrected chi connectivity index (χ1v) is 8.32. The SMILES string of the molecule is CCCCOc1cc(Br)c(N)c(C)c1C(=O)Oc1ccccc1. The Morgan fingerprint density at radius 3 is 2.61 bits per heavy atom. The van der Waals surface area contributed by atoms with Crippen LogP contribution in [-0.2, 0) is 0 Å². The summed E-state index contributed by atoms with van der Waals surface area (Å²) in [5.74, 6) is 0.496. The van der Waals surface area contributed by atoms with Gasteiger partial charge in [-0.15, -0.1) is 0 Å². The van der Waals surface area contributed by atoms with Crippen molar-refractivity contribution in [3.8, 4) is 11.5 Å². The number of unbranched alkanes of at least 4 members (excludes halogenated alkanes) is 1. The molecule has 0 aromatic heterocycles. The van der Waals surface area contributed by atoms with Crippen molar-refractivity contribution in [3.63, 3.8) is 0 Å². The molecule has 0 bridgehead atoms. The first-order chi connectivity index (χ1) is 11.0. The summed E-state index contributed by atoms with van der Waals surface area (Å²) < 4.78 is 11.9. The average Bonchev–Trinajstić information content (AvgIpc) is 2.54. The highest BCUT2D eigenvalue weighted by atomic mass is 79.9. The molecular weight excluding hydrogens is 358 g/mol. The molecule has 0 atom stereocenters. The minimum Gasteiger partial charge on any atom is -0.493 e. The fourth-order valence-electron chi connectivity index (χ4n) is 2.10. The van der Waals surface area contributed by atoms with Crippen LogP contribution in [-0.4, -0.2) is 12.6 Å². The molecule has 2 N–H and O–H groups in total. The number of halogens is 1. The zero-order valence-corrected chi connectivity index (χ0v) is 14.9. The summed E-state index contributed by atoms with van der Waals surface area (Å²) in [5, 5.41) is 0. The summed E-state index contributed by atoms with van der Waals surface area (Å²) in [4.78, 5) is 12.6. The zero-order valence-electron chi connectivity index (χ0n) is 13.3. The van der Waals surface area contributed by atoms with Gasteiger partial charge in [-0.2, -0.15) is 0 Å². The smallest absolute Gasteiger partial charge is 0.347 e. The van der Waals surface area contributed by atoms with Crippen LogP contribution in [0, 0.1) is 6.92 Å². The van der Waals surface area contributed by atoms with E-state index in [2.05, 4.69) is 22.9 Å². The Bertz CT molecular complexity index is 686. The number of hydrogen-bond donors (Lipinski definition) is 1. The number of hydrogen-bond acceptors (Lipinski definition) is 4. The maximum Gasteiger partial charge on any atom is 0.347 e. The van der Waals surface area contributed by atoms with E-state index in [9.17, 15) is 4.79 Å². The van der Waals surface area contributed by atoms with Gasteiger partial charge in [-0.1, -0.05) is 31.5 Å². The van der Waals surface area contributed by atoms with Crippen molar-refractivity contribution in [1.29, 1.82) is 0 Å². The highest BCUT2D eigenvalue weighted by Crippen LogP contribution is 2.34. The van der Waals surface area contributed by atoms with Gasteiger partial charge in [0.1, 0.15) is 17.1 Å². The fraction of sp³-hybridized carbons (Fsp3) is 0.278. The second kappa shape index (κ2) is 8.02. The summed E-state index contributed by atoms with van der Waals surface area (Å²) in [7, 11) is 0. The number of esters is 1. The predicted octanol–water partition coefficient (Wildman–Crippen LogP) is 4.74. The number of nitrogens with two attached hydrogens (primary N) is 1. The molecule has 0 amide bonds. The topological polar surface area (TPSA) is 61.5 Å². The van der Waals surface area contributed by atoms with Crippen LogP contribution in [0.25, 0.3) is 0 Å². The maximum atomic E-state index is 12.6. The Morgan fingerprint density at radius 2 is 1.96 bits per heavy atom. The van der Waals surface area contributed by atoms with Crippen molar-refractivity contribution in [2.24, 2.45) is 0 Å². The van der Waals surface area contributed by atoms with Crippen LogP contribution in [0.1, 0.15) is 35.7 Å². The van der Waals surface area contributed by atoms with E-state index < -0.39 is 5.97 Å². The molecular formula is C18H20BrNO3. The molecule has 0 radical (unpaired) electrons. The van der Waals surface area contributed by atoms with Crippen LogP contribution in [0.4, 0.5) is 5.69 Å². The van der Waals surface area contributed by atoms with Crippen molar-refractivity contribution in [2.75, 3.05) is 12.3 Å². The van der Waals surface area contributed by atoms with E-state index in [1.165, 1.54) is 0 Å². The molecule has 122 valence electrons. The Morgan fingerprint density at radius 1 is 1.26 bits per heavy atom. The molecule has 0 saturated carbocycles. The van der Waals surface area contributed by atoms with Gasteiger partial charge in [0.15, 0.2) is 0 Å². The van der Waals surface area contributed by atoms with Crippen LogP contribution in [0.3, 0.4) is 0 Å². The minimum absolute atomic E-state index is 0.366. The molecule has 4 nitrogen and oxygen atoms in total. The van der Waals surface area contributed by atoms with Gasteiger partial charge in [0, 0.05) is 10.2 Å². The van der Waals surface area contributed by atoms with Crippen LogP contribution in [0.2, 0.25) is 0 Å². The Kier molecular flexibility index (Phi) is 6.04. The van der Waals surface area contributed by atoms with E-state index in [1.54, 1.807) is 25.1 Å². The van der Waals surface area contributed by atoms with E-state index in [1.807, 2.05) is 18.2 Å². The zero-order chi connectivity index (χ0) is 16.8. The number of rotatable bonds is 6. The molecule has 0 saturated heterocycles. The van der Waals surface area contributed by atoms with E-state index in [4.69, 9.17) is 15.2 Å². The molecule has 0 aliphatic heterocycles. The maximum absolute atomic E-state index is 12.6. The largest absolute Gasteiger partial charge is 0.493 e. The lowest BCUT2D eigenvalue weighted by Crippen LogP contribution is -2.14. The lowest BCUT2D eigenvalue weighted by atomic mass is 10.1. The van der Waals surface area contributed by atoms with Crippen molar-refractivity contribution in [1.82, 2.24) is 0 Å². The summed E-state index contributed by atoms with van der Waals surface area (Å²) in [6.45, 7) is 4.41. The second-order valence-corrected chi connectivity index (χ2v) is 6.03. The highest BCUT2D eigenvalue weighted by Gasteiger charge is 2.21. The molecule has 23 heavy (non-hydrogen) atoms. The molecule has 0 spiro atoms. The molecule has 0 fully saturated rings. The normalized spacial score (nSPS) is 10.4. The van der Waals surface area contributed by atoms with Gasteiger partial charge in [-0.25, -0.2) is 4.79 Å². The number of benzene rings is 2. The molecule has 0 aliphatic carbocycles. The quantitative estimate of drug-likeness (QED) is 0.341. The Balaban J connectivity index is 2.34. The number of para-hydroxylation sites is 1. The van der Waals surface area contributed by atoms with Crippen LogP contribution >= 0.6 is 15.9 Å². The summed E-state index contributed by atoms with van der Waals surface area (Å²) >= 11 is 3.40. The fourth-order valence-corrected chi connectivity index (χ4v) is 2.61. The molecule has 0 heterocycles. The molecule has 5 heteroatoms. The van der Waals surface area contributed by atoms with Crippen molar-refractivity contribution < 1.29 is 14.3 Å². The third-order valence-electron chi connectivity index (χ3n) is 3.45. The third-order valence-corrected chi connectivity index (χ3v) is 4.11. The van der Waals surface area contributed by atoms with E-state index in [0.717, 1.165) is 12.8 Å². The molecule has 2 rings (SSSR count). The van der Waals surface area contributed by atoms with Crippen LogP contribution in [0.5, 0.6) is 11.5 Å². The van der Waals surface area contributed by atoms with Gasteiger partial charge >= 0.3 is 5.97 Å². The van der Waals surface area contributed by atoms with Gasteiger partial charge in [0.2, 0.25) is 0 Å². The van der Waals surface area contributed by atoms with Gasteiger partial charge in [-0.05, 0) is 53.0 Å². The van der Waals surface area contributed by atoms with Gasteiger partial charge < -0.3 is 15.2 Å². The minimum atomic E-state index is -0.473. The Hall–Kier alpha value is -2.01. The summed E-state index contributed by atoms with van der Waals surface area (Å²) in [6.07, 6.45) is 1.92.